The lowest BCUT2D eigenvalue weighted by Gasteiger charge is -2.33. The van der Waals surface area contributed by atoms with Gasteiger partial charge in [-0.1, -0.05) is 54.6 Å². The second-order valence-corrected chi connectivity index (χ2v) is 12.6. The van der Waals surface area contributed by atoms with Crippen molar-refractivity contribution in [3.05, 3.63) is 72.3 Å². The smallest absolute Gasteiger partial charge is 0.318 e. The molecule has 0 bridgehead atoms. The number of nitrogens with zero attached hydrogens (tertiary/aromatic N) is 2. The molecule has 1 aliphatic heterocycles. The van der Waals surface area contributed by atoms with E-state index in [9.17, 15) is 18.0 Å². The maximum atomic E-state index is 13.6. The van der Waals surface area contributed by atoms with Gasteiger partial charge < -0.3 is 20.4 Å². The summed E-state index contributed by atoms with van der Waals surface area (Å²) in [5, 5.41) is 6.96. The van der Waals surface area contributed by atoms with E-state index in [1.165, 1.54) is 0 Å². The van der Waals surface area contributed by atoms with E-state index in [1.54, 1.807) is 62.1 Å². The van der Waals surface area contributed by atoms with E-state index in [0.29, 0.717) is 36.0 Å². The second kappa shape index (κ2) is 11.7. The average Bonchev–Trinajstić information content (AvgIpc) is 2.87. The molecule has 9 nitrogen and oxygen atoms in total. The Morgan fingerprint density at radius 3 is 2.18 bits per heavy atom. The molecular formula is C29H37N5O4S. The Balaban J connectivity index is 1.61. The molecule has 208 valence electrons. The number of likely N-dealkylation sites (N-methyl/N-ethyl adjacent to an activating group) is 1. The molecule has 3 N–H and O–H groups in total. The van der Waals surface area contributed by atoms with Crippen LogP contribution < -0.4 is 15.4 Å². The Bertz CT molecular complexity index is 1430. The number of hydrogen-bond donors (Lipinski definition) is 3. The van der Waals surface area contributed by atoms with Gasteiger partial charge in [0.2, 0.25) is 15.9 Å². The third-order valence-corrected chi connectivity index (χ3v) is 8.37. The fourth-order valence-corrected chi connectivity index (χ4v) is 6.25. The summed E-state index contributed by atoms with van der Waals surface area (Å²) in [6.45, 7) is 8.07. The standard InChI is InChI=1S/C29H37N5O4S/c1-29(2,3)32-39(37,38)26-15-9-12-22-23(26)13-8-14-24(22)30-27(35)25(20-21-10-6-5-7-11-21)31-28(36)34-18-16-33(4)17-19-34/h5-15,25,32H,16-20H2,1-4H3,(H,30,35)(H,31,36)/t25-/m0/s1. The number of anilines is 1. The molecule has 1 heterocycles. The number of sulfonamides is 1. The first kappa shape index (κ1) is 28.5. The quantitative estimate of drug-likeness (QED) is 0.417. The summed E-state index contributed by atoms with van der Waals surface area (Å²) in [4.78, 5) is 30.7. The zero-order valence-corrected chi connectivity index (χ0v) is 23.7. The van der Waals surface area contributed by atoms with E-state index < -0.39 is 21.6 Å². The van der Waals surface area contributed by atoms with Gasteiger partial charge in [0.15, 0.2) is 0 Å². The van der Waals surface area contributed by atoms with Crippen molar-refractivity contribution in [2.75, 3.05) is 38.5 Å². The molecule has 0 aliphatic carbocycles. The number of piperazine rings is 1. The summed E-state index contributed by atoms with van der Waals surface area (Å²) in [5.41, 5.74) is 0.729. The Hall–Kier alpha value is -3.47. The second-order valence-electron chi connectivity index (χ2n) is 11.0. The van der Waals surface area contributed by atoms with Gasteiger partial charge in [0.05, 0.1) is 4.90 Å². The van der Waals surface area contributed by atoms with Gasteiger partial charge in [0.1, 0.15) is 6.04 Å². The zero-order chi connectivity index (χ0) is 28.2. The van der Waals surface area contributed by atoms with E-state index in [0.717, 1.165) is 18.7 Å². The van der Waals surface area contributed by atoms with Crippen LogP contribution in [0, 0.1) is 0 Å². The fourth-order valence-electron chi connectivity index (χ4n) is 4.61. The number of nitrogens with one attached hydrogen (secondary N) is 3. The van der Waals surface area contributed by atoms with Crippen molar-refractivity contribution in [2.45, 2.75) is 43.7 Å². The SMILES string of the molecule is CN1CCN(C(=O)N[C@@H](Cc2ccccc2)C(=O)Nc2cccc3c(S(=O)(=O)NC(C)(C)C)cccc23)CC1. The zero-order valence-electron chi connectivity index (χ0n) is 22.9. The van der Waals surface area contributed by atoms with Crippen molar-refractivity contribution in [3.63, 3.8) is 0 Å². The highest BCUT2D eigenvalue weighted by atomic mass is 32.2. The third-order valence-electron chi connectivity index (χ3n) is 6.56. The molecule has 39 heavy (non-hydrogen) atoms. The van der Waals surface area contributed by atoms with Gasteiger partial charge in [-0.3, -0.25) is 4.79 Å². The van der Waals surface area contributed by atoms with E-state index in [1.807, 2.05) is 37.4 Å². The van der Waals surface area contributed by atoms with Gasteiger partial charge in [-0.05, 0) is 45.5 Å². The minimum absolute atomic E-state index is 0.134. The molecule has 0 spiro atoms. The first-order valence-electron chi connectivity index (χ1n) is 13.1. The van der Waals surface area contributed by atoms with Crippen LogP contribution in [0.3, 0.4) is 0 Å². The normalized spacial score (nSPS) is 15.6. The first-order valence-corrected chi connectivity index (χ1v) is 14.6. The molecule has 3 aromatic carbocycles. The van der Waals surface area contributed by atoms with Crippen LogP contribution >= 0.6 is 0 Å². The van der Waals surface area contributed by atoms with Crippen molar-refractivity contribution in [2.24, 2.45) is 0 Å². The molecule has 1 atom stereocenters. The fraction of sp³-hybridized carbons (Fsp3) is 0.379. The van der Waals surface area contributed by atoms with Gasteiger partial charge in [0.25, 0.3) is 0 Å². The van der Waals surface area contributed by atoms with Crippen LogP contribution in [0.25, 0.3) is 10.8 Å². The maximum absolute atomic E-state index is 13.6. The summed E-state index contributed by atoms with van der Waals surface area (Å²) in [6.07, 6.45) is 0.312. The van der Waals surface area contributed by atoms with Gasteiger partial charge >= 0.3 is 6.03 Å². The number of urea groups is 1. The molecule has 3 amide bonds. The Morgan fingerprint density at radius 1 is 0.872 bits per heavy atom. The number of benzene rings is 3. The molecule has 1 saturated heterocycles. The predicted molar refractivity (Wildman–Crippen MR) is 154 cm³/mol. The number of hydrogen-bond acceptors (Lipinski definition) is 5. The molecule has 3 aromatic rings. The summed E-state index contributed by atoms with van der Waals surface area (Å²) >= 11 is 0. The lowest BCUT2D eigenvalue weighted by molar-refractivity contribution is -0.118. The molecule has 1 aliphatic rings. The summed E-state index contributed by atoms with van der Waals surface area (Å²) in [6, 6.07) is 18.6. The molecular weight excluding hydrogens is 514 g/mol. The van der Waals surface area contributed by atoms with Gasteiger partial charge in [-0.25, -0.2) is 17.9 Å². The lowest BCUT2D eigenvalue weighted by atomic mass is 10.0. The Labute approximate surface area is 230 Å². The van der Waals surface area contributed by atoms with E-state index in [4.69, 9.17) is 0 Å². The average molecular weight is 552 g/mol. The van der Waals surface area contributed by atoms with Crippen molar-refractivity contribution < 1.29 is 18.0 Å². The molecule has 1 fully saturated rings. The highest BCUT2D eigenvalue weighted by Crippen LogP contribution is 2.29. The van der Waals surface area contributed by atoms with Crippen LogP contribution in [0.4, 0.5) is 10.5 Å². The minimum Gasteiger partial charge on any atom is -0.326 e. The molecule has 0 radical (unpaired) electrons. The lowest BCUT2D eigenvalue weighted by Crippen LogP contribution is -2.55. The van der Waals surface area contributed by atoms with E-state index in [2.05, 4.69) is 20.3 Å². The van der Waals surface area contributed by atoms with Crippen molar-refractivity contribution in [1.82, 2.24) is 19.8 Å². The van der Waals surface area contributed by atoms with Gasteiger partial charge in [0, 0.05) is 54.6 Å². The number of carbonyl (C=O) groups excluding carboxylic acids is 2. The van der Waals surface area contributed by atoms with Crippen molar-refractivity contribution in [3.8, 4) is 0 Å². The maximum Gasteiger partial charge on any atom is 0.318 e. The highest BCUT2D eigenvalue weighted by Gasteiger charge is 2.27. The Morgan fingerprint density at radius 2 is 1.51 bits per heavy atom. The van der Waals surface area contributed by atoms with Crippen LogP contribution in [0.1, 0.15) is 26.3 Å². The number of carbonyl (C=O) groups is 2. The number of rotatable bonds is 7. The summed E-state index contributed by atoms with van der Waals surface area (Å²) in [7, 11) is -1.79. The Kier molecular flexibility index (Phi) is 8.58. The number of amides is 3. The molecule has 4 rings (SSSR count). The van der Waals surface area contributed by atoms with Crippen LogP contribution in [-0.4, -0.2) is 75.0 Å². The van der Waals surface area contributed by atoms with Crippen molar-refractivity contribution >= 4 is 38.4 Å². The van der Waals surface area contributed by atoms with Crippen LogP contribution in [0.5, 0.6) is 0 Å². The predicted octanol–water partition coefficient (Wildman–Crippen LogP) is 3.42. The molecule has 10 heteroatoms. The largest absolute Gasteiger partial charge is 0.326 e. The summed E-state index contributed by atoms with van der Waals surface area (Å²) in [5.74, 6) is -0.380. The molecule has 0 unspecified atom stereocenters. The van der Waals surface area contributed by atoms with Crippen molar-refractivity contribution in [1.29, 1.82) is 0 Å². The minimum atomic E-state index is -3.81. The first-order chi connectivity index (χ1) is 18.4. The van der Waals surface area contributed by atoms with Crippen LogP contribution in [0.15, 0.2) is 71.6 Å². The highest BCUT2D eigenvalue weighted by molar-refractivity contribution is 7.89. The van der Waals surface area contributed by atoms with E-state index in [-0.39, 0.29) is 16.8 Å². The molecule has 0 saturated carbocycles. The third kappa shape index (κ3) is 7.35. The van der Waals surface area contributed by atoms with Gasteiger partial charge in [-0.2, -0.15) is 0 Å². The monoisotopic (exact) mass is 551 g/mol. The topological polar surface area (TPSA) is 111 Å². The van der Waals surface area contributed by atoms with Crippen LogP contribution in [-0.2, 0) is 21.2 Å². The van der Waals surface area contributed by atoms with E-state index >= 15 is 0 Å². The summed E-state index contributed by atoms with van der Waals surface area (Å²) < 4.78 is 29.0. The van der Waals surface area contributed by atoms with Crippen LogP contribution in [0.2, 0.25) is 0 Å². The number of fused-ring (bicyclic) bond motifs is 1. The van der Waals surface area contributed by atoms with Gasteiger partial charge in [-0.15, -0.1) is 0 Å². The molecule has 0 aromatic heterocycles.